The van der Waals surface area contributed by atoms with Crippen LogP contribution in [0, 0.1) is 6.92 Å². The number of hydrogen-bond acceptors (Lipinski definition) is 3. The summed E-state index contributed by atoms with van der Waals surface area (Å²) in [5.41, 5.74) is 7.26. The van der Waals surface area contributed by atoms with E-state index in [2.05, 4.69) is 0 Å². The summed E-state index contributed by atoms with van der Waals surface area (Å²) >= 11 is 0. The van der Waals surface area contributed by atoms with E-state index in [1.807, 2.05) is 52.0 Å². The fourth-order valence-corrected chi connectivity index (χ4v) is 1.54. The van der Waals surface area contributed by atoms with Gasteiger partial charge in [0.2, 0.25) is 0 Å². The molecule has 0 spiro atoms. The van der Waals surface area contributed by atoms with E-state index in [-0.39, 0.29) is 18.4 Å². The Morgan fingerprint density at radius 3 is 2.24 bits per heavy atom. The van der Waals surface area contributed by atoms with E-state index < -0.39 is 5.60 Å². The molecule has 3 heteroatoms. The van der Waals surface area contributed by atoms with Crippen molar-refractivity contribution in [2.75, 3.05) is 6.54 Å². The van der Waals surface area contributed by atoms with Crippen LogP contribution < -0.4 is 5.73 Å². The van der Waals surface area contributed by atoms with E-state index in [1.54, 1.807) is 0 Å². The van der Waals surface area contributed by atoms with Gasteiger partial charge in [0.1, 0.15) is 5.60 Å². The van der Waals surface area contributed by atoms with Gasteiger partial charge >= 0.3 is 5.97 Å². The molecule has 0 radical (unpaired) electrons. The maximum atomic E-state index is 12.0. The highest BCUT2D eigenvalue weighted by Gasteiger charge is 2.25. The van der Waals surface area contributed by atoms with Gasteiger partial charge in [0, 0.05) is 6.54 Å². The largest absolute Gasteiger partial charge is 0.459 e. The molecule has 2 N–H and O–H groups in total. The lowest BCUT2D eigenvalue weighted by Gasteiger charge is -2.23. The molecule has 0 aliphatic rings. The third-order valence-corrected chi connectivity index (χ3v) is 2.41. The third-order valence-electron chi connectivity index (χ3n) is 2.41. The first-order valence-corrected chi connectivity index (χ1v) is 5.83. The molecule has 0 saturated heterocycles. The van der Waals surface area contributed by atoms with Gasteiger partial charge in [-0.15, -0.1) is 0 Å². The number of carbonyl (C=O) groups excluding carboxylic acids is 1. The van der Waals surface area contributed by atoms with Crippen molar-refractivity contribution < 1.29 is 9.53 Å². The van der Waals surface area contributed by atoms with Gasteiger partial charge in [-0.25, -0.2) is 0 Å². The number of carbonyl (C=O) groups is 1. The zero-order chi connectivity index (χ0) is 13.1. The minimum Gasteiger partial charge on any atom is -0.459 e. The zero-order valence-electron chi connectivity index (χ0n) is 11.0. The molecule has 1 aromatic carbocycles. The SMILES string of the molecule is Cc1ccc(C(CN)C(=O)OC(C)(C)C)cc1. The summed E-state index contributed by atoms with van der Waals surface area (Å²) in [6, 6.07) is 7.80. The van der Waals surface area contributed by atoms with Gasteiger partial charge in [-0.05, 0) is 33.3 Å². The number of esters is 1. The van der Waals surface area contributed by atoms with Crippen molar-refractivity contribution in [2.45, 2.75) is 39.2 Å². The molecule has 1 unspecified atom stereocenters. The number of rotatable bonds is 3. The second-order valence-corrected chi connectivity index (χ2v) is 5.23. The monoisotopic (exact) mass is 235 g/mol. The number of aryl methyl sites for hydroxylation is 1. The average Bonchev–Trinajstić information content (AvgIpc) is 2.19. The lowest BCUT2D eigenvalue weighted by atomic mass is 9.98. The number of nitrogens with two attached hydrogens (primary N) is 1. The van der Waals surface area contributed by atoms with Crippen molar-refractivity contribution in [3.05, 3.63) is 35.4 Å². The van der Waals surface area contributed by atoms with Gasteiger partial charge in [-0.1, -0.05) is 29.8 Å². The molecule has 1 aromatic rings. The molecule has 0 fully saturated rings. The second kappa shape index (κ2) is 5.32. The van der Waals surface area contributed by atoms with Crippen molar-refractivity contribution >= 4 is 5.97 Å². The van der Waals surface area contributed by atoms with E-state index in [0.717, 1.165) is 11.1 Å². The molecule has 0 aliphatic carbocycles. The molecule has 0 amide bonds. The predicted molar refractivity (Wildman–Crippen MR) is 68.8 cm³/mol. The number of ether oxygens (including phenoxy) is 1. The lowest BCUT2D eigenvalue weighted by Crippen LogP contribution is -2.31. The Labute approximate surface area is 103 Å². The Morgan fingerprint density at radius 1 is 1.29 bits per heavy atom. The van der Waals surface area contributed by atoms with Crippen molar-refractivity contribution in [3.8, 4) is 0 Å². The lowest BCUT2D eigenvalue weighted by molar-refractivity contribution is -0.156. The molecule has 0 heterocycles. The molecule has 17 heavy (non-hydrogen) atoms. The minimum atomic E-state index is -0.477. The van der Waals surface area contributed by atoms with Crippen LogP contribution in [-0.4, -0.2) is 18.1 Å². The molecule has 1 rings (SSSR count). The maximum Gasteiger partial charge on any atom is 0.315 e. The van der Waals surface area contributed by atoms with E-state index >= 15 is 0 Å². The summed E-state index contributed by atoms with van der Waals surface area (Å²) in [4.78, 5) is 12.0. The van der Waals surface area contributed by atoms with E-state index in [9.17, 15) is 4.79 Å². The highest BCUT2D eigenvalue weighted by molar-refractivity contribution is 5.78. The van der Waals surface area contributed by atoms with Gasteiger partial charge in [-0.2, -0.15) is 0 Å². The average molecular weight is 235 g/mol. The summed E-state index contributed by atoms with van der Waals surface area (Å²) < 4.78 is 5.36. The van der Waals surface area contributed by atoms with Crippen LogP contribution in [0.2, 0.25) is 0 Å². The van der Waals surface area contributed by atoms with Gasteiger partial charge in [-0.3, -0.25) is 4.79 Å². The predicted octanol–water partition coefficient (Wildman–Crippen LogP) is 2.38. The first-order chi connectivity index (χ1) is 7.83. The van der Waals surface area contributed by atoms with Gasteiger partial charge in [0.05, 0.1) is 5.92 Å². The van der Waals surface area contributed by atoms with E-state index in [1.165, 1.54) is 0 Å². The summed E-state index contributed by atoms with van der Waals surface area (Å²) in [6.45, 7) is 7.83. The highest BCUT2D eigenvalue weighted by atomic mass is 16.6. The van der Waals surface area contributed by atoms with Crippen LogP contribution in [0.3, 0.4) is 0 Å². The molecule has 94 valence electrons. The van der Waals surface area contributed by atoms with Crippen LogP contribution in [0.1, 0.15) is 37.8 Å². The molecule has 3 nitrogen and oxygen atoms in total. The first-order valence-electron chi connectivity index (χ1n) is 5.83. The summed E-state index contributed by atoms with van der Waals surface area (Å²) in [6.07, 6.45) is 0. The number of hydrogen-bond donors (Lipinski definition) is 1. The smallest absolute Gasteiger partial charge is 0.315 e. The molecule has 0 saturated carbocycles. The Kier molecular flexibility index (Phi) is 4.29. The topological polar surface area (TPSA) is 52.3 Å². The Morgan fingerprint density at radius 2 is 1.82 bits per heavy atom. The van der Waals surface area contributed by atoms with Crippen LogP contribution in [0.25, 0.3) is 0 Å². The Bertz CT molecular complexity index is 376. The van der Waals surface area contributed by atoms with Crippen molar-refractivity contribution in [2.24, 2.45) is 5.73 Å². The first kappa shape index (κ1) is 13.7. The molecular weight excluding hydrogens is 214 g/mol. The normalized spacial score (nSPS) is 13.2. The number of benzene rings is 1. The zero-order valence-corrected chi connectivity index (χ0v) is 11.0. The second-order valence-electron chi connectivity index (χ2n) is 5.23. The van der Waals surface area contributed by atoms with Crippen LogP contribution in [0.5, 0.6) is 0 Å². The third kappa shape index (κ3) is 4.19. The van der Waals surface area contributed by atoms with Crippen LogP contribution >= 0.6 is 0 Å². The Hall–Kier alpha value is -1.35. The van der Waals surface area contributed by atoms with Gasteiger partial charge in [0.25, 0.3) is 0 Å². The quantitative estimate of drug-likeness (QED) is 0.818. The van der Waals surface area contributed by atoms with Crippen LogP contribution in [-0.2, 0) is 9.53 Å². The fraction of sp³-hybridized carbons (Fsp3) is 0.500. The van der Waals surface area contributed by atoms with Crippen molar-refractivity contribution in [1.29, 1.82) is 0 Å². The van der Waals surface area contributed by atoms with Crippen LogP contribution in [0.15, 0.2) is 24.3 Å². The highest BCUT2D eigenvalue weighted by Crippen LogP contribution is 2.20. The van der Waals surface area contributed by atoms with E-state index in [0.29, 0.717) is 0 Å². The fourth-order valence-electron chi connectivity index (χ4n) is 1.54. The van der Waals surface area contributed by atoms with Gasteiger partial charge < -0.3 is 10.5 Å². The van der Waals surface area contributed by atoms with Crippen molar-refractivity contribution in [1.82, 2.24) is 0 Å². The molecule has 0 bridgehead atoms. The maximum absolute atomic E-state index is 12.0. The molecule has 0 aromatic heterocycles. The molecule has 1 atom stereocenters. The summed E-state index contributed by atoms with van der Waals surface area (Å²) in [5, 5.41) is 0. The van der Waals surface area contributed by atoms with Crippen molar-refractivity contribution in [3.63, 3.8) is 0 Å². The minimum absolute atomic E-state index is 0.260. The molecule has 0 aliphatic heterocycles. The summed E-state index contributed by atoms with van der Waals surface area (Å²) in [5.74, 6) is -0.640. The molecular formula is C14H21NO2. The van der Waals surface area contributed by atoms with E-state index in [4.69, 9.17) is 10.5 Å². The van der Waals surface area contributed by atoms with Gasteiger partial charge in [0.15, 0.2) is 0 Å². The van der Waals surface area contributed by atoms with Crippen LogP contribution in [0.4, 0.5) is 0 Å². The standard InChI is InChI=1S/C14H21NO2/c1-10-5-7-11(8-6-10)12(9-15)13(16)17-14(2,3)4/h5-8,12H,9,15H2,1-4H3. The summed E-state index contributed by atoms with van der Waals surface area (Å²) in [7, 11) is 0. The Balaban J connectivity index is 2.84.